The summed E-state index contributed by atoms with van der Waals surface area (Å²) in [5, 5.41) is 3.34. The molecular formula is C10H15N3S. The summed E-state index contributed by atoms with van der Waals surface area (Å²) in [5.74, 6) is 0. The number of aromatic nitrogens is 1. The lowest BCUT2D eigenvalue weighted by atomic mass is 10.2. The maximum Gasteiger partial charge on any atom is 0.103 e. The highest BCUT2D eigenvalue weighted by molar-refractivity contribution is 7.71. The van der Waals surface area contributed by atoms with E-state index in [2.05, 4.69) is 21.3 Å². The van der Waals surface area contributed by atoms with Crippen molar-refractivity contribution in [2.45, 2.75) is 6.54 Å². The van der Waals surface area contributed by atoms with Crippen molar-refractivity contribution in [2.24, 2.45) is 0 Å². The third kappa shape index (κ3) is 2.64. The molecule has 0 aliphatic carbocycles. The summed E-state index contributed by atoms with van der Waals surface area (Å²) in [6, 6.07) is 4.13. The molecule has 0 radical (unpaired) electrons. The van der Waals surface area contributed by atoms with E-state index >= 15 is 0 Å². The Morgan fingerprint density at radius 1 is 1.36 bits per heavy atom. The number of hydrogen-bond acceptors (Lipinski definition) is 3. The molecule has 1 aliphatic rings. The Morgan fingerprint density at radius 3 is 2.86 bits per heavy atom. The molecule has 1 aromatic rings. The van der Waals surface area contributed by atoms with Crippen LogP contribution in [-0.2, 0) is 6.54 Å². The fourth-order valence-corrected chi connectivity index (χ4v) is 1.93. The highest BCUT2D eigenvalue weighted by Crippen LogP contribution is 2.04. The predicted octanol–water partition coefficient (Wildman–Crippen LogP) is 1.15. The van der Waals surface area contributed by atoms with Crippen molar-refractivity contribution < 1.29 is 0 Å². The van der Waals surface area contributed by atoms with Gasteiger partial charge in [-0.1, -0.05) is 12.2 Å². The van der Waals surface area contributed by atoms with Gasteiger partial charge in [-0.3, -0.25) is 4.90 Å². The van der Waals surface area contributed by atoms with Crippen LogP contribution in [0.5, 0.6) is 0 Å². The molecule has 0 atom stereocenters. The number of aromatic amines is 1. The Morgan fingerprint density at radius 2 is 2.14 bits per heavy atom. The largest absolute Gasteiger partial charge is 0.353 e. The van der Waals surface area contributed by atoms with Gasteiger partial charge in [0, 0.05) is 38.9 Å². The summed E-state index contributed by atoms with van der Waals surface area (Å²) < 4.78 is 0.817. The van der Waals surface area contributed by atoms with Crippen molar-refractivity contribution in [3.05, 3.63) is 28.5 Å². The van der Waals surface area contributed by atoms with Crippen LogP contribution in [0.4, 0.5) is 0 Å². The number of nitrogens with zero attached hydrogens (tertiary/aromatic N) is 1. The SMILES string of the molecule is S=c1cc(CN2CCNCC2)cc[nH]1. The molecule has 3 nitrogen and oxygen atoms in total. The molecule has 1 fully saturated rings. The lowest BCUT2D eigenvalue weighted by Gasteiger charge is -2.27. The average Bonchev–Trinajstić information content (AvgIpc) is 2.19. The first-order valence-electron chi connectivity index (χ1n) is 4.95. The van der Waals surface area contributed by atoms with Crippen LogP contribution in [0.15, 0.2) is 18.3 Å². The first kappa shape index (κ1) is 9.83. The number of H-pyrrole nitrogens is 1. The highest BCUT2D eigenvalue weighted by atomic mass is 32.1. The lowest BCUT2D eigenvalue weighted by Crippen LogP contribution is -2.42. The van der Waals surface area contributed by atoms with Crippen LogP contribution >= 0.6 is 12.2 Å². The molecule has 0 aromatic carbocycles. The monoisotopic (exact) mass is 209 g/mol. The highest BCUT2D eigenvalue weighted by Gasteiger charge is 2.09. The Kier molecular flexibility index (Phi) is 3.29. The van der Waals surface area contributed by atoms with Crippen LogP contribution in [0.25, 0.3) is 0 Å². The smallest absolute Gasteiger partial charge is 0.103 e. The molecule has 0 bridgehead atoms. The van der Waals surface area contributed by atoms with Gasteiger partial charge in [0.05, 0.1) is 0 Å². The summed E-state index contributed by atoms with van der Waals surface area (Å²) in [6.07, 6.45) is 1.92. The van der Waals surface area contributed by atoms with Crippen LogP contribution in [0, 0.1) is 4.64 Å². The van der Waals surface area contributed by atoms with Crippen molar-refractivity contribution in [1.29, 1.82) is 0 Å². The van der Waals surface area contributed by atoms with Crippen molar-refractivity contribution in [3.63, 3.8) is 0 Å². The number of piperazine rings is 1. The van der Waals surface area contributed by atoms with Crippen LogP contribution in [0.2, 0.25) is 0 Å². The van der Waals surface area contributed by atoms with Crippen LogP contribution in [0.1, 0.15) is 5.56 Å². The van der Waals surface area contributed by atoms with Gasteiger partial charge in [-0.25, -0.2) is 0 Å². The number of hydrogen-bond donors (Lipinski definition) is 2. The van der Waals surface area contributed by atoms with E-state index in [4.69, 9.17) is 12.2 Å². The molecule has 0 saturated carbocycles. The quantitative estimate of drug-likeness (QED) is 0.716. The minimum absolute atomic E-state index is 0.817. The van der Waals surface area contributed by atoms with E-state index in [1.807, 2.05) is 12.3 Å². The van der Waals surface area contributed by atoms with E-state index in [0.29, 0.717) is 0 Å². The van der Waals surface area contributed by atoms with E-state index in [0.717, 1.165) is 37.4 Å². The molecular weight excluding hydrogens is 194 g/mol. The van der Waals surface area contributed by atoms with Crippen molar-refractivity contribution in [2.75, 3.05) is 26.2 Å². The summed E-state index contributed by atoms with van der Waals surface area (Å²) in [7, 11) is 0. The van der Waals surface area contributed by atoms with Crippen molar-refractivity contribution in [3.8, 4) is 0 Å². The Bertz CT molecular complexity index is 341. The zero-order valence-corrected chi connectivity index (χ0v) is 8.94. The molecule has 76 valence electrons. The molecule has 0 amide bonds. The molecule has 1 saturated heterocycles. The van der Waals surface area contributed by atoms with E-state index in [9.17, 15) is 0 Å². The normalized spacial score (nSPS) is 18.3. The summed E-state index contributed by atoms with van der Waals surface area (Å²) in [5.41, 5.74) is 1.30. The van der Waals surface area contributed by atoms with Gasteiger partial charge < -0.3 is 10.3 Å². The van der Waals surface area contributed by atoms with Crippen molar-refractivity contribution in [1.82, 2.24) is 15.2 Å². The standard InChI is InChI=1S/C10H15N3S/c14-10-7-9(1-2-12-10)8-13-5-3-11-4-6-13/h1-2,7,11H,3-6,8H2,(H,12,14). The third-order valence-electron chi connectivity index (χ3n) is 2.46. The topological polar surface area (TPSA) is 31.1 Å². The second-order valence-electron chi connectivity index (χ2n) is 3.59. The molecule has 4 heteroatoms. The lowest BCUT2D eigenvalue weighted by molar-refractivity contribution is 0.233. The number of rotatable bonds is 2. The van der Waals surface area contributed by atoms with Crippen LogP contribution in [-0.4, -0.2) is 36.1 Å². The van der Waals surface area contributed by atoms with Gasteiger partial charge in [-0.05, 0) is 17.7 Å². The van der Waals surface area contributed by atoms with E-state index in [-0.39, 0.29) is 0 Å². The second-order valence-corrected chi connectivity index (χ2v) is 4.03. The molecule has 14 heavy (non-hydrogen) atoms. The van der Waals surface area contributed by atoms with Gasteiger partial charge in [0.1, 0.15) is 4.64 Å². The Balaban J connectivity index is 1.99. The van der Waals surface area contributed by atoms with E-state index in [1.165, 1.54) is 5.56 Å². The van der Waals surface area contributed by atoms with Crippen LogP contribution < -0.4 is 5.32 Å². The molecule has 0 unspecified atom stereocenters. The van der Waals surface area contributed by atoms with Gasteiger partial charge >= 0.3 is 0 Å². The summed E-state index contributed by atoms with van der Waals surface area (Å²) in [6.45, 7) is 5.47. The summed E-state index contributed by atoms with van der Waals surface area (Å²) >= 11 is 5.08. The molecule has 0 spiro atoms. The fourth-order valence-electron chi connectivity index (χ4n) is 1.71. The summed E-state index contributed by atoms with van der Waals surface area (Å²) in [4.78, 5) is 5.44. The minimum Gasteiger partial charge on any atom is -0.353 e. The molecule has 2 heterocycles. The zero-order chi connectivity index (χ0) is 9.80. The van der Waals surface area contributed by atoms with E-state index < -0.39 is 0 Å². The molecule has 1 aliphatic heterocycles. The Hall–Kier alpha value is -0.710. The first-order valence-corrected chi connectivity index (χ1v) is 5.36. The maximum atomic E-state index is 5.08. The zero-order valence-electron chi connectivity index (χ0n) is 8.12. The third-order valence-corrected chi connectivity index (χ3v) is 2.69. The van der Waals surface area contributed by atoms with Crippen LogP contribution in [0.3, 0.4) is 0 Å². The van der Waals surface area contributed by atoms with E-state index in [1.54, 1.807) is 0 Å². The van der Waals surface area contributed by atoms with Gasteiger partial charge in [0.15, 0.2) is 0 Å². The number of pyridine rings is 1. The first-order chi connectivity index (χ1) is 6.84. The van der Waals surface area contributed by atoms with Gasteiger partial charge in [-0.15, -0.1) is 0 Å². The van der Waals surface area contributed by atoms with Gasteiger partial charge in [0.2, 0.25) is 0 Å². The minimum atomic E-state index is 0.817. The Labute approximate surface area is 89.1 Å². The maximum absolute atomic E-state index is 5.08. The fraction of sp³-hybridized carbons (Fsp3) is 0.500. The molecule has 2 rings (SSSR count). The second kappa shape index (κ2) is 4.68. The van der Waals surface area contributed by atoms with Gasteiger partial charge in [0.25, 0.3) is 0 Å². The average molecular weight is 209 g/mol. The number of nitrogens with one attached hydrogen (secondary N) is 2. The molecule has 1 aromatic heterocycles. The predicted molar refractivity (Wildman–Crippen MR) is 59.8 cm³/mol. The van der Waals surface area contributed by atoms with Crippen molar-refractivity contribution >= 4 is 12.2 Å². The van der Waals surface area contributed by atoms with Gasteiger partial charge in [-0.2, -0.15) is 0 Å². The molecule has 2 N–H and O–H groups in total.